The van der Waals surface area contributed by atoms with Crippen LogP contribution >= 0.6 is 0 Å². The maximum Gasteiger partial charge on any atom is 0.321 e. The van der Waals surface area contributed by atoms with Crippen molar-refractivity contribution >= 4 is 11.7 Å². The Morgan fingerprint density at radius 2 is 2.22 bits per heavy atom. The van der Waals surface area contributed by atoms with Crippen LogP contribution in [0.5, 0.6) is 17.4 Å². The van der Waals surface area contributed by atoms with Crippen molar-refractivity contribution in [2.45, 2.75) is 25.9 Å². The standard InChI is InChI=1S/C18H19FN4O4/c1-2-13-16(19)17(21-9-20-13)27-12-5-6-23(8-12)18(24)22-11-3-4-14-15(7-11)26-10-25-14/h3-4,7,9,12H,2,5-6,8,10H2,1H3,(H,22,24). The number of carbonyl (C=O) groups excluding carboxylic acids is 1. The highest BCUT2D eigenvalue weighted by Gasteiger charge is 2.29. The highest BCUT2D eigenvalue weighted by Crippen LogP contribution is 2.34. The van der Waals surface area contributed by atoms with E-state index in [0.29, 0.717) is 48.8 Å². The molecule has 27 heavy (non-hydrogen) atoms. The Morgan fingerprint density at radius 1 is 1.37 bits per heavy atom. The number of fused-ring (bicyclic) bond motifs is 1. The van der Waals surface area contributed by atoms with Crippen molar-refractivity contribution in [2.24, 2.45) is 0 Å². The van der Waals surface area contributed by atoms with Crippen molar-refractivity contribution < 1.29 is 23.4 Å². The zero-order valence-electron chi connectivity index (χ0n) is 14.8. The van der Waals surface area contributed by atoms with E-state index in [1.165, 1.54) is 6.33 Å². The quantitative estimate of drug-likeness (QED) is 0.885. The topological polar surface area (TPSA) is 85.8 Å². The molecule has 1 unspecified atom stereocenters. The number of aromatic nitrogens is 2. The molecule has 1 atom stereocenters. The first kappa shape index (κ1) is 17.3. The summed E-state index contributed by atoms with van der Waals surface area (Å²) in [4.78, 5) is 21.8. The number of rotatable bonds is 4. The largest absolute Gasteiger partial charge is 0.470 e. The molecule has 4 rings (SSSR count). The average Bonchev–Trinajstić information content (AvgIpc) is 3.32. The van der Waals surface area contributed by atoms with E-state index in [4.69, 9.17) is 14.2 Å². The van der Waals surface area contributed by atoms with E-state index in [-0.39, 0.29) is 24.8 Å². The number of halogens is 1. The SMILES string of the molecule is CCc1ncnc(OC2CCN(C(=O)Nc3ccc4c(c3)OCO4)C2)c1F. The number of nitrogens with one attached hydrogen (secondary N) is 1. The summed E-state index contributed by atoms with van der Waals surface area (Å²) in [5.41, 5.74) is 0.929. The van der Waals surface area contributed by atoms with Crippen LogP contribution in [-0.4, -0.2) is 46.9 Å². The molecule has 2 aromatic rings. The first-order chi connectivity index (χ1) is 13.1. The normalized spacial score (nSPS) is 17.9. The lowest BCUT2D eigenvalue weighted by Crippen LogP contribution is -2.34. The lowest BCUT2D eigenvalue weighted by atomic mass is 10.3. The van der Waals surface area contributed by atoms with Gasteiger partial charge in [0.2, 0.25) is 12.6 Å². The fourth-order valence-corrected chi connectivity index (χ4v) is 3.06. The van der Waals surface area contributed by atoms with Crippen LogP contribution in [0.15, 0.2) is 24.5 Å². The average molecular weight is 374 g/mol. The molecule has 0 saturated carbocycles. The highest BCUT2D eigenvalue weighted by molar-refractivity contribution is 5.90. The molecule has 8 nitrogen and oxygen atoms in total. The van der Waals surface area contributed by atoms with E-state index >= 15 is 0 Å². The van der Waals surface area contributed by atoms with Gasteiger partial charge in [-0.3, -0.25) is 0 Å². The fraction of sp³-hybridized carbons (Fsp3) is 0.389. The molecule has 1 saturated heterocycles. The first-order valence-electron chi connectivity index (χ1n) is 8.75. The van der Waals surface area contributed by atoms with Gasteiger partial charge in [-0.05, 0) is 18.6 Å². The second-order valence-electron chi connectivity index (χ2n) is 6.27. The molecule has 2 amide bonds. The van der Waals surface area contributed by atoms with Crippen molar-refractivity contribution in [3.63, 3.8) is 0 Å². The van der Waals surface area contributed by atoms with Crippen LogP contribution in [0.25, 0.3) is 0 Å². The number of benzene rings is 1. The molecule has 2 aliphatic heterocycles. The molecule has 0 spiro atoms. The zero-order valence-corrected chi connectivity index (χ0v) is 14.8. The summed E-state index contributed by atoms with van der Waals surface area (Å²) in [6.07, 6.45) is 2.02. The zero-order chi connectivity index (χ0) is 18.8. The number of urea groups is 1. The summed E-state index contributed by atoms with van der Waals surface area (Å²) in [6, 6.07) is 4.96. The van der Waals surface area contributed by atoms with Gasteiger partial charge in [0.25, 0.3) is 5.88 Å². The molecule has 0 radical (unpaired) electrons. The van der Waals surface area contributed by atoms with Crippen LogP contribution < -0.4 is 19.5 Å². The second kappa shape index (κ2) is 7.26. The summed E-state index contributed by atoms with van der Waals surface area (Å²) in [6.45, 7) is 2.85. The number of anilines is 1. The number of ether oxygens (including phenoxy) is 3. The van der Waals surface area contributed by atoms with Crippen molar-refractivity contribution in [3.8, 4) is 17.4 Å². The minimum Gasteiger partial charge on any atom is -0.470 e. The van der Waals surface area contributed by atoms with Crippen LogP contribution in [0.1, 0.15) is 19.0 Å². The van der Waals surface area contributed by atoms with Crippen LogP contribution in [0.3, 0.4) is 0 Å². The molecular weight excluding hydrogens is 355 g/mol. The number of nitrogens with zero attached hydrogens (tertiary/aromatic N) is 3. The van der Waals surface area contributed by atoms with Crippen molar-refractivity contribution in [1.82, 2.24) is 14.9 Å². The minimum atomic E-state index is -0.539. The molecule has 142 valence electrons. The van der Waals surface area contributed by atoms with Gasteiger partial charge >= 0.3 is 6.03 Å². The van der Waals surface area contributed by atoms with E-state index in [0.717, 1.165) is 0 Å². The maximum absolute atomic E-state index is 14.2. The van der Waals surface area contributed by atoms with E-state index < -0.39 is 5.82 Å². The van der Waals surface area contributed by atoms with Gasteiger partial charge in [-0.15, -0.1) is 0 Å². The maximum atomic E-state index is 14.2. The molecule has 9 heteroatoms. The Labute approximate surface area is 155 Å². The van der Waals surface area contributed by atoms with E-state index in [2.05, 4.69) is 15.3 Å². The molecule has 0 aliphatic carbocycles. The lowest BCUT2D eigenvalue weighted by molar-refractivity contribution is 0.174. The number of hydrogen-bond acceptors (Lipinski definition) is 6. The van der Waals surface area contributed by atoms with Gasteiger partial charge in [0, 0.05) is 24.7 Å². The second-order valence-corrected chi connectivity index (χ2v) is 6.27. The van der Waals surface area contributed by atoms with E-state index in [9.17, 15) is 9.18 Å². The Morgan fingerprint density at radius 3 is 3.07 bits per heavy atom. The molecular formula is C18H19FN4O4. The number of carbonyl (C=O) groups is 1. The van der Waals surface area contributed by atoms with E-state index in [1.807, 2.05) is 6.92 Å². The van der Waals surface area contributed by atoms with Gasteiger partial charge in [-0.25, -0.2) is 9.78 Å². The number of amides is 2. The molecule has 1 N–H and O–H groups in total. The van der Waals surface area contributed by atoms with Gasteiger partial charge < -0.3 is 24.4 Å². The fourth-order valence-electron chi connectivity index (χ4n) is 3.06. The molecule has 2 aliphatic rings. The Balaban J connectivity index is 1.36. The molecule has 1 aromatic heterocycles. The van der Waals surface area contributed by atoms with Gasteiger partial charge in [-0.2, -0.15) is 9.37 Å². The number of likely N-dealkylation sites (tertiary alicyclic amines) is 1. The van der Waals surface area contributed by atoms with Gasteiger partial charge in [0.05, 0.1) is 12.2 Å². The van der Waals surface area contributed by atoms with Gasteiger partial charge in [-0.1, -0.05) is 6.92 Å². The van der Waals surface area contributed by atoms with Crippen LogP contribution in [0, 0.1) is 5.82 Å². The Bertz CT molecular complexity index is 863. The summed E-state index contributed by atoms with van der Waals surface area (Å²) in [7, 11) is 0. The smallest absolute Gasteiger partial charge is 0.321 e. The van der Waals surface area contributed by atoms with Crippen LogP contribution in [0.2, 0.25) is 0 Å². The summed E-state index contributed by atoms with van der Waals surface area (Å²) in [5, 5.41) is 2.82. The first-order valence-corrected chi connectivity index (χ1v) is 8.75. The summed E-state index contributed by atoms with van der Waals surface area (Å²) in [5.74, 6) is 0.649. The van der Waals surface area contributed by atoms with Crippen molar-refractivity contribution in [3.05, 3.63) is 36.0 Å². The lowest BCUT2D eigenvalue weighted by Gasteiger charge is -2.18. The van der Waals surface area contributed by atoms with Crippen molar-refractivity contribution in [2.75, 3.05) is 25.2 Å². The monoisotopic (exact) mass is 374 g/mol. The highest BCUT2D eigenvalue weighted by atomic mass is 19.1. The summed E-state index contributed by atoms with van der Waals surface area (Å²) < 4.78 is 30.4. The molecule has 1 aromatic carbocycles. The third-order valence-corrected chi connectivity index (χ3v) is 4.50. The predicted molar refractivity (Wildman–Crippen MR) is 93.6 cm³/mol. The minimum absolute atomic E-state index is 0.0649. The van der Waals surface area contributed by atoms with Gasteiger partial charge in [0.1, 0.15) is 12.4 Å². The molecule has 0 bridgehead atoms. The predicted octanol–water partition coefficient (Wildman–Crippen LogP) is 2.59. The molecule has 3 heterocycles. The van der Waals surface area contributed by atoms with E-state index in [1.54, 1.807) is 23.1 Å². The number of hydrogen-bond donors (Lipinski definition) is 1. The van der Waals surface area contributed by atoms with Crippen molar-refractivity contribution in [1.29, 1.82) is 0 Å². The van der Waals surface area contributed by atoms with Gasteiger partial charge in [0.15, 0.2) is 11.5 Å². The number of aryl methyl sites for hydroxylation is 1. The Hall–Kier alpha value is -3.10. The third kappa shape index (κ3) is 3.57. The third-order valence-electron chi connectivity index (χ3n) is 4.50. The Kier molecular flexibility index (Phi) is 4.66. The summed E-state index contributed by atoms with van der Waals surface area (Å²) >= 11 is 0. The molecule has 1 fully saturated rings. The van der Waals surface area contributed by atoms with Crippen LogP contribution in [-0.2, 0) is 6.42 Å². The van der Waals surface area contributed by atoms with Crippen LogP contribution in [0.4, 0.5) is 14.9 Å².